The van der Waals surface area contributed by atoms with Crippen LogP contribution in [0.3, 0.4) is 0 Å². The number of rotatable bonds is 6. The molecule has 0 aliphatic carbocycles. The molecular formula is C20H31IN6. The van der Waals surface area contributed by atoms with Gasteiger partial charge >= 0.3 is 0 Å². The lowest BCUT2D eigenvalue weighted by Gasteiger charge is -2.33. The summed E-state index contributed by atoms with van der Waals surface area (Å²) in [4.78, 5) is 7.24. The lowest BCUT2D eigenvalue weighted by molar-refractivity contribution is 0.198. The van der Waals surface area contributed by atoms with E-state index < -0.39 is 0 Å². The van der Waals surface area contributed by atoms with Gasteiger partial charge in [-0.25, -0.2) is 4.99 Å². The van der Waals surface area contributed by atoms with E-state index in [0.717, 1.165) is 50.5 Å². The SMILES string of the molecule is CCNC(=NCc1cnn(C)c1)NC1CCN(Cc2ccccc2)CC1.I. The molecule has 7 heteroatoms. The number of aliphatic imine (C=N–C) groups is 1. The maximum atomic E-state index is 4.71. The predicted octanol–water partition coefficient (Wildman–Crippen LogP) is 2.76. The molecule has 2 heterocycles. The largest absolute Gasteiger partial charge is 0.357 e. The van der Waals surface area contributed by atoms with Gasteiger partial charge in [-0.2, -0.15) is 5.10 Å². The number of likely N-dealkylation sites (tertiary alicyclic amines) is 1. The third-order valence-corrected chi connectivity index (χ3v) is 4.70. The zero-order valence-corrected chi connectivity index (χ0v) is 18.6. The predicted molar refractivity (Wildman–Crippen MR) is 121 cm³/mol. The molecule has 1 fully saturated rings. The van der Waals surface area contributed by atoms with Crippen LogP contribution in [0.5, 0.6) is 0 Å². The minimum Gasteiger partial charge on any atom is -0.357 e. The normalized spacial score (nSPS) is 16.0. The summed E-state index contributed by atoms with van der Waals surface area (Å²) in [5, 5.41) is 11.2. The second kappa shape index (κ2) is 11.3. The summed E-state index contributed by atoms with van der Waals surface area (Å²) in [5.41, 5.74) is 2.52. The number of piperidine rings is 1. The molecule has 0 unspecified atom stereocenters. The van der Waals surface area contributed by atoms with E-state index in [4.69, 9.17) is 4.99 Å². The number of benzene rings is 1. The minimum absolute atomic E-state index is 0. The Bertz CT molecular complexity index is 692. The second-order valence-corrected chi connectivity index (χ2v) is 6.90. The Kier molecular flexibility index (Phi) is 9.06. The van der Waals surface area contributed by atoms with Crippen LogP contribution in [0.4, 0.5) is 0 Å². The van der Waals surface area contributed by atoms with Crippen molar-refractivity contribution < 1.29 is 0 Å². The molecule has 2 N–H and O–H groups in total. The Labute approximate surface area is 179 Å². The summed E-state index contributed by atoms with van der Waals surface area (Å²) in [6.07, 6.45) is 6.17. The summed E-state index contributed by atoms with van der Waals surface area (Å²) in [6, 6.07) is 11.2. The summed E-state index contributed by atoms with van der Waals surface area (Å²) >= 11 is 0. The summed E-state index contributed by atoms with van der Waals surface area (Å²) in [7, 11) is 1.93. The van der Waals surface area contributed by atoms with Crippen LogP contribution in [0, 0.1) is 0 Å². The zero-order valence-electron chi connectivity index (χ0n) is 16.3. The van der Waals surface area contributed by atoms with Crippen molar-refractivity contribution in [2.75, 3.05) is 19.6 Å². The maximum absolute atomic E-state index is 4.71. The summed E-state index contributed by atoms with van der Waals surface area (Å²) < 4.78 is 1.81. The van der Waals surface area contributed by atoms with E-state index >= 15 is 0 Å². The van der Waals surface area contributed by atoms with Crippen LogP contribution in [-0.2, 0) is 20.1 Å². The molecule has 0 atom stereocenters. The Morgan fingerprint density at radius 3 is 2.56 bits per heavy atom. The molecule has 0 radical (unpaired) electrons. The van der Waals surface area contributed by atoms with Crippen LogP contribution in [0.1, 0.15) is 30.9 Å². The first-order valence-electron chi connectivity index (χ1n) is 9.51. The highest BCUT2D eigenvalue weighted by atomic mass is 127. The molecule has 1 aromatic heterocycles. The zero-order chi connectivity index (χ0) is 18.2. The van der Waals surface area contributed by atoms with Crippen LogP contribution in [0.15, 0.2) is 47.7 Å². The average Bonchev–Trinajstić information content (AvgIpc) is 3.08. The molecule has 27 heavy (non-hydrogen) atoms. The molecule has 0 amide bonds. The number of aryl methyl sites for hydroxylation is 1. The number of nitrogens with one attached hydrogen (secondary N) is 2. The number of guanidine groups is 1. The van der Waals surface area contributed by atoms with Crippen molar-refractivity contribution in [2.45, 2.75) is 38.9 Å². The Hall–Kier alpha value is -1.61. The molecule has 1 aliphatic rings. The van der Waals surface area contributed by atoms with Crippen molar-refractivity contribution in [1.29, 1.82) is 0 Å². The quantitative estimate of drug-likeness (QED) is 0.378. The van der Waals surface area contributed by atoms with Gasteiger partial charge in [0.25, 0.3) is 0 Å². The average molecular weight is 482 g/mol. The molecule has 148 valence electrons. The number of hydrogen-bond donors (Lipinski definition) is 2. The van der Waals surface area contributed by atoms with Gasteiger partial charge in [-0.15, -0.1) is 24.0 Å². The second-order valence-electron chi connectivity index (χ2n) is 6.90. The van der Waals surface area contributed by atoms with Crippen molar-refractivity contribution in [3.05, 3.63) is 53.9 Å². The van der Waals surface area contributed by atoms with E-state index in [1.165, 1.54) is 5.56 Å². The van der Waals surface area contributed by atoms with Gasteiger partial charge in [0.2, 0.25) is 0 Å². The van der Waals surface area contributed by atoms with Gasteiger partial charge in [-0.05, 0) is 25.3 Å². The van der Waals surface area contributed by atoms with Crippen molar-refractivity contribution in [3.8, 4) is 0 Å². The molecule has 0 spiro atoms. The summed E-state index contributed by atoms with van der Waals surface area (Å²) in [6.45, 7) is 6.90. The number of nitrogens with zero attached hydrogens (tertiary/aromatic N) is 4. The Morgan fingerprint density at radius 2 is 1.93 bits per heavy atom. The van der Waals surface area contributed by atoms with Crippen LogP contribution in [0.2, 0.25) is 0 Å². The first-order chi connectivity index (χ1) is 12.7. The van der Waals surface area contributed by atoms with E-state index in [-0.39, 0.29) is 24.0 Å². The standard InChI is InChI=1S/C20H30N6.HI/c1-3-21-20(22-13-18-14-23-25(2)15-18)24-19-9-11-26(12-10-19)16-17-7-5-4-6-8-17;/h4-8,14-15,19H,3,9-13,16H2,1-2H3,(H2,21,22,24);1H. The van der Waals surface area contributed by atoms with Crippen LogP contribution >= 0.6 is 24.0 Å². The third-order valence-electron chi connectivity index (χ3n) is 4.70. The smallest absolute Gasteiger partial charge is 0.191 e. The highest BCUT2D eigenvalue weighted by molar-refractivity contribution is 14.0. The number of halogens is 1. The first kappa shape index (κ1) is 21.7. The van der Waals surface area contributed by atoms with Crippen molar-refractivity contribution in [2.24, 2.45) is 12.0 Å². The first-order valence-corrected chi connectivity index (χ1v) is 9.51. The minimum atomic E-state index is 0. The number of aromatic nitrogens is 2. The van der Waals surface area contributed by atoms with Crippen LogP contribution < -0.4 is 10.6 Å². The highest BCUT2D eigenvalue weighted by Gasteiger charge is 2.20. The van der Waals surface area contributed by atoms with Gasteiger partial charge in [0.15, 0.2) is 5.96 Å². The summed E-state index contributed by atoms with van der Waals surface area (Å²) in [5.74, 6) is 0.901. The van der Waals surface area contributed by atoms with Gasteiger partial charge < -0.3 is 10.6 Å². The molecule has 1 aliphatic heterocycles. The van der Waals surface area contributed by atoms with Crippen molar-refractivity contribution >= 4 is 29.9 Å². The molecule has 1 aromatic carbocycles. The monoisotopic (exact) mass is 482 g/mol. The number of hydrogen-bond acceptors (Lipinski definition) is 3. The Balaban J connectivity index is 0.00000261. The van der Waals surface area contributed by atoms with Crippen LogP contribution in [0.25, 0.3) is 0 Å². The Morgan fingerprint density at radius 1 is 1.19 bits per heavy atom. The lowest BCUT2D eigenvalue weighted by Crippen LogP contribution is -2.48. The molecular weight excluding hydrogens is 451 g/mol. The molecule has 6 nitrogen and oxygen atoms in total. The van der Waals surface area contributed by atoms with Gasteiger partial charge in [-0.1, -0.05) is 30.3 Å². The lowest BCUT2D eigenvalue weighted by atomic mass is 10.0. The fourth-order valence-corrected chi connectivity index (χ4v) is 3.31. The third kappa shape index (κ3) is 7.14. The van der Waals surface area contributed by atoms with E-state index in [0.29, 0.717) is 12.6 Å². The maximum Gasteiger partial charge on any atom is 0.191 e. The molecule has 0 saturated carbocycles. The van der Waals surface area contributed by atoms with E-state index in [2.05, 4.69) is 57.9 Å². The fraction of sp³-hybridized carbons (Fsp3) is 0.500. The van der Waals surface area contributed by atoms with Crippen molar-refractivity contribution in [1.82, 2.24) is 25.3 Å². The molecule has 1 saturated heterocycles. The topological polar surface area (TPSA) is 57.5 Å². The van der Waals surface area contributed by atoms with E-state index in [1.807, 2.05) is 24.1 Å². The van der Waals surface area contributed by atoms with Crippen molar-refractivity contribution in [3.63, 3.8) is 0 Å². The van der Waals surface area contributed by atoms with E-state index in [9.17, 15) is 0 Å². The molecule has 3 rings (SSSR count). The molecule has 0 bridgehead atoms. The van der Waals surface area contributed by atoms with Gasteiger partial charge in [-0.3, -0.25) is 9.58 Å². The van der Waals surface area contributed by atoms with E-state index in [1.54, 1.807) is 0 Å². The van der Waals surface area contributed by atoms with Gasteiger partial charge in [0.05, 0.1) is 12.7 Å². The van der Waals surface area contributed by atoms with Crippen LogP contribution in [-0.4, -0.2) is 46.3 Å². The van der Waals surface area contributed by atoms with Gasteiger partial charge in [0, 0.05) is 51.0 Å². The fourth-order valence-electron chi connectivity index (χ4n) is 3.31. The van der Waals surface area contributed by atoms with Gasteiger partial charge in [0.1, 0.15) is 0 Å². The highest BCUT2D eigenvalue weighted by Crippen LogP contribution is 2.14. The molecule has 2 aromatic rings.